The Morgan fingerprint density at radius 1 is 1.11 bits per heavy atom. The molecular formula is C14H9BrF2N2. The summed E-state index contributed by atoms with van der Waals surface area (Å²) in [5, 5.41) is 0. The van der Waals surface area contributed by atoms with E-state index in [1.165, 1.54) is 0 Å². The molecule has 0 spiro atoms. The van der Waals surface area contributed by atoms with E-state index in [-0.39, 0.29) is 0 Å². The summed E-state index contributed by atoms with van der Waals surface area (Å²) >= 11 is 3.46. The van der Waals surface area contributed by atoms with Gasteiger partial charge in [-0.25, -0.2) is 13.8 Å². The van der Waals surface area contributed by atoms with Crippen molar-refractivity contribution in [3.8, 4) is 11.4 Å². The van der Waals surface area contributed by atoms with Crippen molar-refractivity contribution in [2.75, 3.05) is 0 Å². The van der Waals surface area contributed by atoms with Gasteiger partial charge in [-0.1, -0.05) is 22.0 Å². The summed E-state index contributed by atoms with van der Waals surface area (Å²) in [6.45, 7) is 1.98. The lowest BCUT2D eigenvalue weighted by Gasteiger charge is -2.01. The molecule has 0 fully saturated rings. The Morgan fingerprint density at radius 2 is 1.84 bits per heavy atom. The Labute approximate surface area is 116 Å². The second-order valence-electron chi connectivity index (χ2n) is 4.35. The van der Waals surface area contributed by atoms with Crippen LogP contribution in [0.15, 0.2) is 34.8 Å². The van der Waals surface area contributed by atoms with Crippen molar-refractivity contribution in [1.29, 1.82) is 0 Å². The molecule has 0 aliphatic heterocycles. The molecule has 2 nitrogen and oxygen atoms in total. The Kier molecular flexibility index (Phi) is 2.86. The second-order valence-corrected chi connectivity index (χ2v) is 5.21. The zero-order valence-corrected chi connectivity index (χ0v) is 11.6. The highest BCUT2D eigenvalue weighted by Gasteiger charge is 2.11. The minimum Gasteiger partial charge on any atom is -0.338 e. The average Bonchev–Trinajstić information content (AvgIpc) is 2.72. The van der Waals surface area contributed by atoms with E-state index in [1.807, 2.05) is 25.1 Å². The maximum absolute atomic E-state index is 13.2. The van der Waals surface area contributed by atoms with Crippen LogP contribution in [0.2, 0.25) is 0 Å². The number of rotatable bonds is 1. The molecule has 0 amide bonds. The zero-order chi connectivity index (χ0) is 13.6. The number of imidazole rings is 1. The van der Waals surface area contributed by atoms with Crippen molar-refractivity contribution in [3.63, 3.8) is 0 Å². The van der Waals surface area contributed by atoms with Gasteiger partial charge in [-0.3, -0.25) is 0 Å². The molecule has 5 heteroatoms. The van der Waals surface area contributed by atoms with E-state index in [0.29, 0.717) is 16.9 Å². The number of H-pyrrole nitrogens is 1. The minimum atomic E-state index is -0.895. The van der Waals surface area contributed by atoms with E-state index in [9.17, 15) is 8.78 Å². The van der Waals surface area contributed by atoms with Gasteiger partial charge in [-0.05, 0) is 24.6 Å². The van der Waals surface area contributed by atoms with Crippen molar-refractivity contribution in [3.05, 3.63) is 52.0 Å². The van der Waals surface area contributed by atoms with E-state index in [1.54, 1.807) is 0 Å². The van der Waals surface area contributed by atoms with E-state index in [2.05, 4.69) is 25.9 Å². The van der Waals surface area contributed by atoms with Crippen LogP contribution in [0, 0.1) is 18.6 Å². The number of fused-ring (bicyclic) bond motifs is 1. The molecule has 0 unspecified atom stereocenters. The van der Waals surface area contributed by atoms with Gasteiger partial charge in [0.1, 0.15) is 5.82 Å². The fourth-order valence-corrected chi connectivity index (χ4v) is 2.63. The first-order chi connectivity index (χ1) is 9.04. The predicted molar refractivity (Wildman–Crippen MR) is 73.9 cm³/mol. The van der Waals surface area contributed by atoms with Gasteiger partial charge < -0.3 is 4.98 Å². The highest BCUT2D eigenvalue weighted by atomic mass is 79.9. The first-order valence-electron chi connectivity index (χ1n) is 5.66. The minimum absolute atomic E-state index is 0.404. The first kappa shape index (κ1) is 12.3. The second kappa shape index (κ2) is 4.42. The van der Waals surface area contributed by atoms with Crippen molar-refractivity contribution in [2.45, 2.75) is 6.92 Å². The van der Waals surface area contributed by atoms with E-state index >= 15 is 0 Å². The summed E-state index contributed by atoms with van der Waals surface area (Å²) in [6, 6.07) is 8.03. The topological polar surface area (TPSA) is 28.7 Å². The van der Waals surface area contributed by atoms with Gasteiger partial charge in [0.2, 0.25) is 0 Å². The van der Waals surface area contributed by atoms with Crippen molar-refractivity contribution < 1.29 is 8.78 Å². The summed E-state index contributed by atoms with van der Waals surface area (Å²) in [7, 11) is 0. The van der Waals surface area contributed by atoms with Gasteiger partial charge in [0.05, 0.1) is 11.0 Å². The van der Waals surface area contributed by atoms with Crippen molar-refractivity contribution in [1.82, 2.24) is 9.97 Å². The summed E-state index contributed by atoms with van der Waals surface area (Å²) in [6.07, 6.45) is 0. The van der Waals surface area contributed by atoms with Crippen LogP contribution in [0.1, 0.15) is 5.56 Å². The highest BCUT2D eigenvalue weighted by Crippen LogP contribution is 2.29. The van der Waals surface area contributed by atoms with Gasteiger partial charge in [0.15, 0.2) is 11.6 Å². The summed E-state index contributed by atoms with van der Waals surface area (Å²) < 4.78 is 27.2. The number of aromatic amines is 1. The number of halogens is 3. The normalized spacial score (nSPS) is 11.2. The van der Waals surface area contributed by atoms with E-state index in [4.69, 9.17) is 0 Å². The number of nitrogens with one attached hydrogen (secondary N) is 1. The molecular weight excluding hydrogens is 314 g/mol. The predicted octanol–water partition coefficient (Wildman–Crippen LogP) is 4.58. The van der Waals surface area contributed by atoms with Crippen molar-refractivity contribution >= 4 is 27.0 Å². The molecule has 0 radical (unpaired) electrons. The van der Waals surface area contributed by atoms with E-state index < -0.39 is 11.6 Å². The number of nitrogens with zero attached hydrogens (tertiary/aromatic N) is 1. The quantitative estimate of drug-likeness (QED) is 0.698. The number of aromatic nitrogens is 2. The van der Waals surface area contributed by atoms with Gasteiger partial charge in [0.25, 0.3) is 0 Å². The Morgan fingerprint density at radius 3 is 2.58 bits per heavy atom. The smallest absolute Gasteiger partial charge is 0.161 e. The lowest BCUT2D eigenvalue weighted by atomic mass is 10.1. The molecule has 3 aromatic rings. The Hall–Kier alpha value is -1.75. The zero-order valence-electron chi connectivity index (χ0n) is 9.97. The standard InChI is InChI=1S/C14H9BrF2N2/c1-7-2-3-8(9(15)4-7)14-18-12-5-10(16)11(17)6-13(12)19-14/h2-6H,1H3,(H,18,19). The van der Waals surface area contributed by atoms with Crippen LogP contribution in [-0.4, -0.2) is 9.97 Å². The molecule has 0 saturated carbocycles. The lowest BCUT2D eigenvalue weighted by molar-refractivity contribution is 0.510. The monoisotopic (exact) mass is 322 g/mol. The molecule has 0 aliphatic carbocycles. The fraction of sp³-hybridized carbons (Fsp3) is 0.0714. The van der Waals surface area contributed by atoms with Crippen LogP contribution < -0.4 is 0 Å². The third kappa shape index (κ3) is 2.14. The molecule has 0 atom stereocenters. The van der Waals surface area contributed by atoms with E-state index in [0.717, 1.165) is 27.7 Å². The van der Waals surface area contributed by atoms with Crippen LogP contribution in [0.25, 0.3) is 22.4 Å². The van der Waals surface area contributed by atoms with Crippen LogP contribution in [0.4, 0.5) is 8.78 Å². The lowest BCUT2D eigenvalue weighted by Crippen LogP contribution is -1.83. The largest absolute Gasteiger partial charge is 0.338 e. The molecule has 19 heavy (non-hydrogen) atoms. The average molecular weight is 323 g/mol. The first-order valence-corrected chi connectivity index (χ1v) is 6.45. The summed E-state index contributed by atoms with van der Waals surface area (Å²) in [5.74, 6) is -1.20. The van der Waals surface area contributed by atoms with Gasteiger partial charge >= 0.3 is 0 Å². The number of benzene rings is 2. The highest BCUT2D eigenvalue weighted by molar-refractivity contribution is 9.10. The van der Waals surface area contributed by atoms with Crippen molar-refractivity contribution in [2.24, 2.45) is 0 Å². The van der Waals surface area contributed by atoms with Crippen LogP contribution >= 0.6 is 15.9 Å². The van der Waals surface area contributed by atoms with Crippen LogP contribution in [-0.2, 0) is 0 Å². The molecule has 0 bridgehead atoms. The SMILES string of the molecule is Cc1ccc(-c2nc3cc(F)c(F)cc3[nH]2)c(Br)c1. The molecule has 96 valence electrons. The Balaban J connectivity index is 2.20. The number of hydrogen-bond acceptors (Lipinski definition) is 1. The van der Waals surface area contributed by atoms with Crippen LogP contribution in [0.3, 0.4) is 0 Å². The fourth-order valence-electron chi connectivity index (χ4n) is 1.94. The number of aryl methyl sites for hydroxylation is 1. The molecule has 2 aromatic carbocycles. The molecule has 3 rings (SSSR count). The maximum atomic E-state index is 13.2. The van der Waals surface area contributed by atoms with Gasteiger partial charge in [-0.2, -0.15) is 0 Å². The van der Waals surface area contributed by atoms with Gasteiger partial charge in [0, 0.05) is 22.2 Å². The maximum Gasteiger partial charge on any atom is 0.161 e. The summed E-state index contributed by atoms with van der Waals surface area (Å²) in [4.78, 5) is 7.28. The number of hydrogen-bond donors (Lipinski definition) is 1. The third-order valence-corrected chi connectivity index (χ3v) is 3.56. The molecule has 1 aromatic heterocycles. The third-order valence-electron chi connectivity index (χ3n) is 2.90. The van der Waals surface area contributed by atoms with Gasteiger partial charge in [-0.15, -0.1) is 0 Å². The van der Waals surface area contributed by atoms with Crippen LogP contribution in [0.5, 0.6) is 0 Å². The molecule has 0 aliphatic rings. The molecule has 1 N–H and O–H groups in total. The Bertz CT molecular complexity index is 741. The molecule has 0 saturated heterocycles. The summed E-state index contributed by atoms with van der Waals surface area (Å²) in [5.41, 5.74) is 2.84. The molecule has 1 heterocycles.